The third-order valence-corrected chi connectivity index (χ3v) is 5.03. The van der Waals surface area contributed by atoms with Gasteiger partial charge in [0.2, 0.25) is 5.91 Å². The highest BCUT2D eigenvalue weighted by molar-refractivity contribution is 5.88. The van der Waals surface area contributed by atoms with Gasteiger partial charge in [0.15, 0.2) is 11.5 Å². The van der Waals surface area contributed by atoms with Crippen LogP contribution in [-0.2, 0) is 16.1 Å². The Balaban J connectivity index is 1.68. The number of hydrogen-bond donors (Lipinski definition) is 2. The summed E-state index contributed by atoms with van der Waals surface area (Å²) in [5.41, 5.74) is 5.79. The molecular formula is C16H23N5O2. The van der Waals surface area contributed by atoms with Crippen molar-refractivity contribution in [2.45, 2.75) is 45.4 Å². The second-order valence-electron chi connectivity index (χ2n) is 6.57. The highest BCUT2D eigenvalue weighted by Crippen LogP contribution is 2.49. The minimum atomic E-state index is -0.923. The number of pyridine rings is 1. The van der Waals surface area contributed by atoms with Crippen molar-refractivity contribution in [3.05, 3.63) is 30.2 Å². The maximum absolute atomic E-state index is 12.6. The zero-order valence-electron chi connectivity index (χ0n) is 13.7. The van der Waals surface area contributed by atoms with Gasteiger partial charge in [0, 0.05) is 24.6 Å². The zero-order chi connectivity index (χ0) is 16.7. The maximum Gasteiger partial charge on any atom is 0.241 e. The third kappa shape index (κ3) is 2.40. The molecular weight excluding hydrogens is 294 g/mol. The summed E-state index contributed by atoms with van der Waals surface area (Å²) in [6.45, 7) is 6.81. The van der Waals surface area contributed by atoms with E-state index >= 15 is 0 Å². The van der Waals surface area contributed by atoms with Gasteiger partial charge < -0.3 is 15.8 Å². The zero-order valence-corrected chi connectivity index (χ0v) is 13.7. The van der Waals surface area contributed by atoms with Gasteiger partial charge in [-0.25, -0.2) is 0 Å². The molecule has 0 aromatic carbocycles. The number of carbonyl (C=O) groups excluding carboxylic acids is 1. The second-order valence-corrected chi connectivity index (χ2v) is 6.57. The molecule has 1 saturated carbocycles. The SMILES string of the molecule is CCOC1CC(N)(C(=O)NCc2nnc3ccccn23)C1(C)C. The Hall–Kier alpha value is -1.99. The van der Waals surface area contributed by atoms with Crippen LogP contribution in [0.4, 0.5) is 0 Å². The highest BCUT2D eigenvalue weighted by Gasteiger charge is 2.62. The number of fused-ring (bicyclic) bond motifs is 1. The van der Waals surface area contributed by atoms with Gasteiger partial charge in [0.05, 0.1) is 12.6 Å². The minimum Gasteiger partial charge on any atom is -0.378 e. The van der Waals surface area contributed by atoms with Crippen LogP contribution in [0.5, 0.6) is 0 Å². The molecule has 1 fully saturated rings. The Labute approximate surface area is 135 Å². The largest absolute Gasteiger partial charge is 0.378 e. The molecule has 1 aliphatic rings. The number of ether oxygens (including phenoxy) is 1. The van der Waals surface area contributed by atoms with E-state index in [0.717, 1.165) is 5.65 Å². The number of amides is 1. The molecule has 2 aromatic rings. The lowest BCUT2D eigenvalue weighted by atomic mass is 9.54. The average molecular weight is 317 g/mol. The molecule has 3 N–H and O–H groups in total. The van der Waals surface area contributed by atoms with Crippen LogP contribution in [0.1, 0.15) is 33.0 Å². The van der Waals surface area contributed by atoms with Gasteiger partial charge in [-0.3, -0.25) is 9.20 Å². The molecule has 0 radical (unpaired) electrons. The molecule has 0 saturated heterocycles. The summed E-state index contributed by atoms with van der Waals surface area (Å²) in [6, 6.07) is 5.66. The van der Waals surface area contributed by atoms with Crippen LogP contribution in [0.15, 0.2) is 24.4 Å². The lowest BCUT2D eigenvalue weighted by Gasteiger charge is -2.57. The maximum atomic E-state index is 12.6. The number of hydrogen-bond acceptors (Lipinski definition) is 5. The average Bonchev–Trinajstić information content (AvgIpc) is 2.95. The number of aromatic nitrogens is 3. The number of nitrogens with two attached hydrogens (primary N) is 1. The fraction of sp³-hybridized carbons (Fsp3) is 0.562. The first-order valence-corrected chi connectivity index (χ1v) is 7.87. The normalized spacial score (nSPS) is 26.0. The van der Waals surface area contributed by atoms with E-state index in [-0.39, 0.29) is 12.0 Å². The summed E-state index contributed by atoms with van der Waals surface area (Å²) in [7, 11) is 0. The van der Waals surface area contributed by atoms with Crippen LogP contribution in [0.3, 0.4) is 0 Å². The quantitative estimate of drug-likeness (QED) is 0.853. The van der Waals surface area contributed by atoms with Gasteiger partial charge >= 0.3 is 0 Å². The van der Waals surface area contributed by atoms with E-state index in [2.05, 4.69) is 15.5 Å². The van der Waals surface area contributed by atoms with Gasteiger partial charge in [-0.1, -0.05) is 19.9 Å². The molecule has 1 amide bonds. The summed E-state index contributed by atoms with van der Waals surface area (Å²) in [5.74, 6) is 0.502. The van der Waals surface area contributed by atoms with Gasteiger partial charge in [-0.2, -0.15) is 0 Å². The van der Waals surface area contributed by atoms with Gasteiger partial charge in [0.25, 0.3) is 0 Å². The molecule has 0 aliphatic heterocycles. The van der Waals surface area contributed by atoms with E-state index < -0.39 is 11.0 Å². The molecule has 2 atom stereocenters. The number of carbonyl (C=O) groups is 1. The summed E-state index contributed by atoms with van der Waals surface area (Å²) in [6.07, 6.45) is 2.41. The third-order valence-electron chi connectivity index (χ3n) is 5.03. The molecule has 3 rings (SSSR count). The van der Waals surface area contributed by atoms with Crippen LogP contribution in [-0.4, -0.2) is 38.8 Å². The summed E-state index contributed by atoms with van der Waals surface area (Å²) in [4.78, 5) is 12.6. The van der Waals surface area contributed by atoms with Gasteiger partial charge in [0.1, 0.15) is 5.54 Å². The smallest absolute Gasteiger partial charge is 0.241 e. The fourth-order valence-electron chi connectivity index (χ4n) is 3.15. The molecule has 0 spiro atoms. The molecule has 2 unspecified atom stereocenters. The van der Waals surface area contributed by atoms with E-state index in [4.69, 9.17) is 10.5 Å². The number of nitrogens with zero attached hydrogens (tertiary/aromatic N) is 3. The Morgan fingerprint density at radius 1 is 1.48 bits per heavy atom. The van der Waals surface area contributed by atoms with Crippen molar-refractivity contribution in [2.75, 3.05) is 6.61 Å². The van der Waals surface area contributed by atoms with Crippen LogP contribution in [0.25, 0.3) is 5.65 Å². The molecule has 0 bridgehead atoms. The van der Waals surface area contributed by atoms with E-state index in [1.807, 2.05) is 49.6 Å². The molecule has 7 nitrogen and oxygen atoms in total. The van der Waals surface area contributed by atoms with E-state index in [1.54, 1.807) is 0 Å². The molecule has 124 valence electrons. The van der Waals surface area contributed by atoms with Crippen LogP contribution < -0.4 is 11.1 Å². The topological polar surface area (TPSA) is 94.5 Å². The minimum absolute atomic E-state index is 0.0113. The molecule has 7 heteroatoms. The van der Waals surface area contributed by atoms with Crippen LogP contribution in [0.2, 0.25) is 0 Å². The van der Waals surface area contributed by atoms with Crippen molar-refractivity contribution < 1.29 is 9.53 Å². The van der Waals surface area contributed by atoms with E-state index in [1.165, 1.54) is 0 Å². The molecule has 2 heterocycles. The van der Waals surface area contributed by atoms with Crippen molar-refractivity contribution >= 4 is 11.6 Å². The highest BCUT2D eigenvalue weighted by atomic mass is 16.5. The van der Waals surface area contributed by atoms with E-state index in [9.17, 15) is 4.79 Å². The standard InChI is InChI=1S/C16H23N5O2/c1-4-23-11-9-16(17,15(11,2)3)14(22)18-10-13-20-19-12-7-5-6-8-21(12)13/h5-8,11H,4,9-10,17H2,1-3H3,(H,18,22). The van der Waals surface area contributed by atoms with Gasteiger partial charge in [-0.05, 0) is 19.1 Å². The first-order chi connectivity index (χ1) is 10.9. The Morgan fingerprint density at radius 2 is 2.26 bits per heavy atom. The number of rotatable bonds is 5. The van der Waals surface area contributed by atoms with Gasteiger partial charge in [-0.15, -0.1) is 10.2 Å². The molecule has 23 heavy (non-hydrogen) atoms. The number of nitrogens with one attached hydrogen (secondary N) is 1. The molecule has 1 aliphatic carbocycles. The van der Waals surface area contributed by atoms with Crippen LogP contribution in [0, 0.1) is 5.41 Å². The van der Waals surface area contributed by atoms with Crippen molar-refractivity contribution in [3.63, 3.8) is 0 Å². The predicted octanol–water partition coefficient (Wildman–Crippen LogP) is 0.878. The lowest BCUT2D eigenvalue weighted by molar-refractivity contribution is -0.170. The predicted molar refractivity (Wildman–Crippen MR) is 85.6 cm³/mol. The Kier molecular flexibility index (Phi) is 3.85. The first-order valence-electron chi connectivity index (χ1n) is 7.87. The molecule has 2 aromatic heterocycles. The van der Waals surface area contributed by atoms with Crippen molar-refractivity contribution in [2.24, 2.45) is 11.1 Å². The lowest BCUT2D eigenvalue weighted by Crippen LogP contribution is -2.75. The summed E-state index contributed by atoms with van der Waals surface area (Å²) < 4.78 is 7.51. The summed E-state index contributed by atoms with van der Waals surface area (Å²) >= 11 is 0. The second kappa shape index (κ2) is 5.58. The Morgan fingerprint density at radius 3 is 2.96 bits per heavy atom. The van der Waals surface area contributed by atoms with E-state index in [0.29, 0.717) is 25.4 Å². The van der Waals surface area contributed by atoms with Crippen LogP contribution >= 0.6 is 0 Å². The fourth-order valence-corrected chi connectivity index (χ4v) is 3.15. The Bertz CT molecular complexity index is 726. The monoisotopic (exact) mass is 317 g/mol. The first kappa shape index (κ1) is 15.9. The summed E-state index contributed by atoms with van der Waals surface area (Å²) in [5, 5.41) is 11.1. The van der Waals surface area contributed by atoms with Crippen molar-refractivity contribution in [1.82, 2.24) is 19.9 Å². The van der Waals surface area contributed by atoms with Crippen molar-refractivity contribution in [1.29, 1.82) is 0 Å². The van der Waals surface area contributed by atoms with Crippen molar-refractivity contribution in [3.8, 4) is 0 Å².